The van der Waals surface area contributed by atoms with Crippen molar-refractivity contribution < 1.29 is 0 Å². The van der Waals surface area contributed by atoms with E-state index in [0.29, 0.717) is 5.02 Å². The third kappa shape index (κ3) is 2.40. The van der Waals surface area contributed by atoms with Gasteiger partial charge < -0.3 is 5.32 Å². The van der Waals surface area contributed by atoms with Crippen LogP contribution in [0, 0.1) is 13.8 Å². The first-order valence-corrected chi connectivity index (χ1v) is 6.35. The molecule has 18 heavy (non-hydrogen) atoms. The molecule has 1 atom stereocenters. The zero-order chi connectivity index (χ0) is 13.1. The SMILES string of the molecule is CNC(c1ccncc1Cl)c1cccc(C)c1C. The molecule has 0 aliphatic heterocycles. The van der Waals surface area contributed by atoms with Crippen LogP contribution in [0.15, 0.2) is 36.7 Å². The first-order chi connectivity index (χ1) is 8.65. The highest BCUT2D eigenvalue weighted by molar-refractivity contribution is 6.31. The summed E-state index contributed by atoms with van der Waals surface area (Å²) in [5.74, 6) is 0. The lowest BCUT2D eigenvalue weighted by molar-refractivity contribution is 0.686. The molecule has 0 spiro atoms. The van der Waals surface area contributed by atoms with Crippen LogP contribution in [-0.4, -0.2) is 12.0 Å². The quantitative estimate of drug-likeness (QED) is 0.911. The second kappa shape index (κ2) is 5.51. The fourth-order valence-corrected chi connectivity index (χ4v) is 2.41. The fourth-order valence-electron chi connectivity index (χ4n) is 2.19. The number of hydrogen-bond donors (Lipinski definition) is 1. The molecule has 1 heterocycles. The Balaban J connectivity index is 2.53. The first kappa shape index (κ1) is 13.1. The maximum absolute atomic E-state index is 6.24. The Kier molecular flexibility index (Phi) is 4.00. The van der Waals surface area contributed by atoms with Crippen molar-refractivity contribution in [2.45, 2.75) is 19.9 Å². The first-order valence-electron chi connectivity index (χ1n) is 5.98. The summed E-state index contributed by atoms with van der Waals surface area (Å²) in [6.07, 6.45) is 3.46. The summed E-state index contributed by atoms with van der Waals surface area (Å²) >= 11 is 6.24. The Morgan fingerprint density at radius 3 is 2.61 bits per heavy atom. The molecule has 3 heteroatoms. The second-order valence-electron chi connectivity index (χ2n) is 4.41. The minimum absolute atomic E-state index is 0.0976. The van der Waals surface area contributed by atoms with E-state index < -0.39 is 0 Å². The molecule has 1 unspecified atom stereocenters. The smallest absolute Gasteiger partial charge is 0.0640 e. The number of aryl methyl sites for hydroxylation is 1. The highest BCUT2D eigenvalue weighted by Crippen LogP contribution is 2.30. The number of hydrogen-bond acceptors (Lipinski definition) is 2. The molecule has 94 valence electrons. The molecule has 0 saturated carbocycles. The highest BCUT2D eigenvalue weighted by atomic mass is 35.5. The van der Waals surface area contributed by atoms with Crippen LogP contribution in [0.4, 0.5) is 0 Å². The minimum Gasteiger partial charge on any atom is -0.309 e. The summed E-state index contributed by atoms with van der Waals surface area (Å²) in [5, 5.41) is 4.02. The van der Waals surface area contributed by atoms with E-state index >= 15 is 0 Å². The van der Waals surface area contributed by atoms with E-state index in [-0.39, 0.29) is 6.04 Å². The van der Waals surface area contributed by atoms with E-state index in [1.54, 1.807) is 12.4 Å². The third-order valence-electron chi connectivity index (χ3n) is 3.36. The van der Waals surface area contributed by atoms with E-state index in [1.165, 1.54) is 16.7 Å². The van der Waals surface area contributed by atoms with Gasteiger partial charge in [-0.05, 0) is 49.2 Å². The maximum atomic E-state index is 6.24. The third-order valence-corrected chi connectivity index (χ3v) is 3.68. The lowest BCUT2D eigenvalue weighted by Gasteiger charge is -2.21. The van der Waals surface area contributed by atoms with Gasteiger partial charge in [0.1, 0.15) is 0 Å². The average molecular weight is 261 g/mol. The molecule has 0 amide bonds. The van der Waals surface area contributed by atoms with Gasteiger partial charge in [-0.2, -0.15) is 0 Å². The fraction of sp³-hybridized carbons (Fsp3) is 0.267. The van der Waals surface area contributed by atoms with Crippen LogP contribution >= 0.6 is 11.6 Å². The Bertz CT molecular complexity index is 552. The van der Waals surface area contributed by atoms with Crippen molar-refractivity contribution in [3.05, 3.63) is 63.9 Å². The van der Waals surface area contributed by atoms with Crippen LogP contribution in [0.1, 0.15) is 28.3 Å². The molecular weight excluding hydrogens is 244 g/mol. The topological polar surface area (TPSA) is 24.9 Å². The van der Waals surface area contributed by atoms with Crippen LogP contribution in [0.5, 0.6) is 0 Å². The second-order valence-corrected chi connectivity index (χ2v) is 4.82. The van der Waals surface area contributed by atoms with Crippen molar-refractivity contribution in [1.29, 1.82) is 0 Å². The summed E-state index contributed by atoms with van der Waals surface area (Å²) in [5.41, 5.74) is 4.90. The molecule has 2 aromatic rings. The van der Waals surface area contributed by atoms with Gasteiger partial charge in [0.15, 0.2) is 0 Å². The molecular formula is C15H17ClN2. The molecule has 0 aliphatic rings. The molecule has 0 fully saturated rings. The summed E-state index contributed by atoms with van der Waals surface area (Å²) in [7, 11) is 1.95. The van der Waals surface area contributed by atoms with Crippen LogP contribution in [0.25, 0.3) is 0 Å². The lowest BCUT2D eigenvalue weighted by atomic mass is 9.93. The normalized spacial score (nSPS) is 12.4. The number of nitrogens with one attached hydrogen (secondary N) is 1. The van der Waals surface area contributed by atoms with E-state index in [1.807, 2.05) is 13.1 Å². The molecule has 1 N–H and O–H groups in total. The van der Waals surface area contributed by atoms with Gasteiger partial charge in [0, 0.05) is 12.4 Å². The van der Waals surface area contributed by atoms with Gasteiger partial charge in [0.05, 0.1) is 11.1 Å². The summed E-state index contributed by atoms with van der Waals surface area (Å²) in [6.45, 7) is 4.27. The van der Waals surface area contributed by atoms with Crippen molar-refractivity contribution in [3.8, 4) is 0 Å². The van der Waals surface area contributed by atoms with Crippen LogP contribution in [0.3, 0.4) is 0 Å². The molecule has 0 bridgehead atoms. The van der Waals surface area contributed by atoms with Crippen LogP contribution in [-0.2, 0) is 0 Å². The van der Waals surface area contributed by atoms with Crippen molar-refractivity contribution in [2.24, 2.45) is 0 Å². The Morgan fingerprint density at radius 1 is 1.17 bits per heavy atom. The molecule has 0 radical (unpaired) electrons. The number of benzene rings is 1. The summed E-state index contributed by atoms with van der Waals surface area (Å²) in [6, 6.07) is 8.41. The number of rotatable bonds is 3. The molecule has 1 aromatic heterocycles. The highest BCUT2D eigenvalue weighted by Gasteiger charge is 2.17. The van der Waals surface area contributed by atoms with Gasteiger partial charge in [-0.3, -0.25) is 4.98 Å². The molecule has 1 aromatic carbocycles. The van der Waals surface area contributed by atoms with Crippen LogP contribution < -0.4 is 5.32 Å². The largest absolute Gasteiger partial charge is 0.309 e. The average Bonchev–Trinajstić information content (AvgIpc) is 2.37. The zero-order valence-electron chi connectivity index (χ0n) is 10.9. The van der Waals surface area contributed by atoms with Crippen molar-refractivity contribution in [2.75, 3.05) is 7.05 Å². The predicted molar refractivity (Wildman–Crippen MR) is 76.1 cm³/mol. The summed E-state index contributed by atoms with van der Waals surface area (Å²) < 4.78 is 0. The van der Waals surface area contributed by atoms with Gasteiger partial charge in [-0.15, -0.1) is 0 Å². The van der Waals surface area contributed by atoms with Crippen LogP contribution in [0.2, 0.25) is 5.02 Å². The lowest BCUT2D eigenvalue weighted by Crippen LogP contribution is -2.19. The minimum atomic E-state index is 0.0976. The molecule has 0 saturated heterocycles. The number of halogens is 1. The van der Waals surface area contributed by atoms with Crippen molar-refractivity contribution in [1.82, 2.24) is 10.3 Å². The van der Waals surface area contributed by atoms with Gasteiger partial charge in [-0.25, -0.2) is 0 Å². The predicted octanol–water partition coefficient (Wildman–Crippen LogP) is 3.66. The molecule has 2 rings (SSSR count). The number of aromatic nitrogens is 1. The van der Waals surface area contributed by atoms with Gasteiger partial charge in [0.25, 0.3) is 0 Å². The Morgan fingerprint density at radius 2 is 1.94 bits per heavy atom. The monoisotopic (exact) mass is 260 g/mol. The van der Waals surface area contributed by atoms with Crippen molar-refractivity contribution in [3.63, 3.8) is 0 Å². The number of nitrogens with zero attached hydrogens (tertiary/aromatic N) is 1. The Labute approximate surface area is 113 Å². The summed E-state index contributed by atoms with van der Waals surface area (Å²) in [4.78, 5) is 4.04. The standard InChI is InChI=1S/C15H17ClN2/c1-10-5-4-6-12(11(10)2)15(17-3)13-7-8-18-9-14(13)16/h4-9,15,17H,1-3H3. The Hall–Kier alpha value is -1.38. The van der Waals surface area contributed by atoms with Crippen molar-refractivity contribution >= 4 is 11.6 Å². The van der Waals surface area contributed by atoms with Gasteiger partial charge in [0.2, 0.25) is 0 Å². The van der Waals surface area contributed by atoms with Gasteiger partial charge >= 0.3 is 0 Å². The number of pyridine rings is 1. The van der Waals surface area contributed by atoms with Gasteiger partial charge in [-0.1, -0.05) is 29.8 Å². The van der Waals surface area contributed by atoms with E-state index in [0.717, 1.165) is 5.56 Å². The maximum Gasteiger partial charge on any atom is 0.0640 e. The van der Waals surface area contributed by atoms with E-state index in [9.17, 15) is 0 Å². The zero-order valence-corrected chi connectivity index (χ0v) is 11.6. The van der Waals surface area contributed by atoms with E-state index in [2.05, 4.69) is 42.3 Å². The van der Waals surface area contributed by atoms with E-state index in [4.69, 9.17) is 11.6 Å². The molecule has 2 nitrogen and oxygen atoms in total. The molecule has 0 aliphatic carbocycles.